The molecule has 7 nitrogen and oxygen atoms in total. The molecule has 32 heavy (non-hydrogen) atoms. The lowest BCUT2D eigenvalue weighted by Gasteiger charge is -2.19. The normalized spacial score (nSPS) is 11.2. The van der Waals surface area contributed by atoms with Crippen LogP contribution in [0.4, 0.5) is 10.5 Å². The summed E-state index contributed by atoms with van der Waals surface area (Å²) in [6.07, 6.45) is -0.373. The average molecular weight is 434 g/mol. The lowest BCUT2D eigenvalue weighted by atomic mass is 10.1. The number of anilines is 1. The van der Waals surface area contributed by atoms with Crippen molar-refractivity contribution in [3.63, 3.8) is 0 Å². The molecule has 0 aromatic heterocycles. The van der Waals surface area contributed by atoms with Crippen LogP contribution in [0.2, 0.25) is 0 Å². The van der Waals surface area contributed by atoms with Crippen LogP contribution in [0.3, 0.4) is 0 Å². The van der Waals surface area contributed by atoms with Crippen molar-refractivity contribution in [2.75, 3.05) is 19.5 Å². The van der Waals surface area contributed by atoms with Gasteiger partial charge in [0.25, 0.3) is 0 Å². The van der Waals surface area contributed by atoms with E-state index in [1.54, 1.807) is 18.2 Å². The first-order valence-electron chi connectivity index (χ1n) is 10.1. The van der Waals surface area contributed by atoms with E-state index in [0.29, 0.717) is 23.6 Å². The van der Waals surface area contributed by atoms with Gasteiger partial charge in [0.1, 0.15) is 24.1 Å². The van der Waals surface area contributed by atoms with Crippen LogP contribution in [0.15, 0.2) is 78.9 Å². The topological polar surface area (TPSA) is 85.9 Å². The van der Waals surface area contributed by atoms with Gasteiger partial charge in [-0.2, -0.15) is 0 Å². The molecule has 3 aromatic rings. The summed E-state index contributed by atoms with van der Waals surface area (Å²) in [4.78, 5) is 25.5. The van der Waals surface area contributed by atoms with E-state index < -0.39 is 12.1 Å². The lowest BCUT2D eigenvalue weighted by molar-refractivity contribution is -0.118. The highest BCUT2D eigenvalue weighted by Gasteiger charge is 2.23. The Balaban J connectivity index is 1.71. The summed E-state index contributed by atoms with van der Waals surface area (Å²) in [5.41, 5.74) is 2.25. The first-order chi connectivity index (χ1) is 15.6. The predicted molar refractivity (Wildman–Crippen MR) is 122 cm³/mol. The van der Waals surface area contributed by atoms with Crippen LogP contribution in [-0.4, -0.2) is 32.3 Å². The second-order valence-corrected chi connectivity index (χ2v) is 7.04. The molecule has 166 valence electrons. The second-order valence-electron chi connectivity index (χ2n) is 7.04. The molecule has 3 aromatic carbocycles. The molecule has 0 spiro atoms. The third kappa shape index (κ3) is 6.77. The van der Waals surface area contributed by atoms with E-state index in [2.05, 4.69) is 10.6 Å². The molecule has 0 radical (unpaired) electrons. The smallest absolute Gasteiger partial charge is 0.408 e. The van der Waals surface area contributed by atoms with Crippen LogP contribution in [0.5, 0.6) is 11.5 Å². The molecule has 2 N–H and O–H groups in total. The minimum absolute atomic E-state index is 0.111. The minimum Gasteiger partial charge on any atom is -0.497 e. The van der Waals surface area contributed by atoms with Crippen molar-refractivity contribution in [3.05, 3.63) is 90.0 Å². The van der Waals surface area contributed by atoms with Crippen molar-refractivity contribution in [2.24, 2.45) is 0 Å². The molecule has 1 atom stereocenters. The fourth-order valence-corrected chi connectivity index (χ4v) is 3.08. The van der Waals surface area contributed by atoms with Gasteiger partial charge in [0, 0.05) is 30.3 Å². The van der Waals surface area contributed by atoms with Crippen molar-refractivity contribution in [1.82, 2.24) is 5.32 Å². The molecule has 0 saturated heterocycles. The number of alkyl carbamates (subject to hydrolysis) is 1. The second kappa shape index (κ2) is 11.4. The number of carbonyl (C=O) groups is 2. The van der Waals surface area contributed by atoms with Gasteiger partial charge in [0.05, 0.1) is 14.2 Å². The molecule has 7 heteroatoms. The maximum atomic E-state index is 13.1. The SMILES string of the molecule is COc1cc(NC(=O)C(Cc2ccccc2)NC(=O)OCc2ccccc2)cc(OC)c1. The van der Waals surface area contributed by atoms with E-state index in [4.69, 9.17) is 14.2 Å². The van der Waals surface area contributed by atoms with E-state index >= 15 is 0 Å². The lowest BCUT2D eigenvalue weighted by Crippen LogP contribution is -2.45. The molecule has 0 aliphatic carbocycles. The first kappa shape index (κ1) is 22.7. The maximum absolute atomic E-state index is 13.1. The Hall–Kier alpha value is -4.00. The zero-order valence-corrected chi connectivity index (χ0v) is 18.0. The van der Waals surface area contributed by atoms with Crippen LogP contribution >= 0.6 is 0 Å². The van der Waals surface area contributed by atoms with E-state index in [1.807, 2.05) is 60.7 Å². The Kier molecular flexibility index (Phi) is 8.09. The van der Waals surface area contributed by atoms with E-state index in [-0.39, 0.29) is 12.5 Å². The molecule has 1 unspecified atom stereocenters. The van der Waals surface area contributed by atoms with Crippen molar-refractivity contribution < 1.29 is 23.8 Å². The number of hydrogen-bond acceptors (Lipinski definition) is 5. The molecule has 2 amide bonds. The fourth-order valence-electron chi connectivity index (χ4n) is 3.08. The zero-order chi connectivity index (χ0) is 22.8. The summed E-state index contributed by atoms with van der Waals surface area (Å²) >= 11 is 0. The van der Waals surface area contributed by atoms with Gasteiger partial charge in [0.2, 0.25) is 5.91 Å². The molecule has 0 heterocycles. The van der Waals surface area contributed by atoms with Crippen LogP contribution in [0, 0.1) is 0 Å². The number of methoxy groups -OCH3 is 2. The standard InChI is InChI=1S/C25H26N2O5/c1-30-21-14-20(15-22(16-21)31-2)26-24(28)23(13-18-9-5-3-6-10-18)27-25(29)32-17-19-11-7-4-8-12-19/h3-12,14-16,23H,13,17H2,1-2H3,(H,26,28)(H,27,29). The van der Waals surface area contributed by atoms with Gasteiger partial charge >= 0.3 is 6.09 Å². The molecule has 0 aliphatic rings. The highest BCUT2D eigenvalue weighted by Crippen LogP contribution is 2.26. The quantitative estimate of drug-likeness (QED) is 0.528. The maximum Gasteiger partial charge on any atom is 0.408 e. The number of benzene rings is 3. The summed E-state index contributed by atoms with van der Waals surface area (Å²) < 4.78 is 15.8. The summed E-state index contributed by atoms with van der Waals surface area (Å²) in [6, 6.07) is 23.0. The summed E-state index contributed by atoms with van der Waals surface area (Å²) in [5, 5.41) is 5.50. The van der Waals surface area contributed by atoms with Crippen molar-refractivity contribution in [2.45, 2.75) is 19.1 Å². The predicted octanol–water partition coefficient (Wildman–Crippen LogP) is 4.18. The number of amides is 2. The van der Waals surface area contributed by atoms with Gasteiger partial charge in [-0.15, -0.1) is 0 Å². The Morgan fingerprint density at radius 1 is 0.812 bits per heavy atom. The third-order valence-electron chi connectivity index (χ3n) is 4.72. The number of ether oxygens (including phenoxy) is 3. The van der Waals surface area contributed by atoms with Crippen LogP contribution in [0.25, 0.3) is 0 Å². The minimum atomic E-state index is -0.849. The molecule has 3 rings (SSSR count). The highest BCUT2D eigenvalue weighted by atomic mass is 16.5. The van der Waals surface area contributed by atoms with Crippen molar-refractivity contribution in [3.8, 4) is 11.5 Å². The fraction of sp³-hybridized carbons (Fsp3) is 0.200. The third-order valence-corrected chi connectivity index (χ3v) is 4.72. The number of carbonyl (C=O) groups excluding carboxylic acids is 2. The first-order valence-corrected chi connectivity index (χ1v) is 10.1. The number of rotatable bonds is 9. The van der Waals surface area contributed by atoms with Gasteiger partial charge in [-0.3, -0.25) is 4.79 Å². The monoisotopic (exact) mass is 434 g/mol. The number of nitrogens with one attached hydrogen (secondary N) is 2. The summed E-state index contributed by atoms with van der Waals surface area (Å²) in [7, 11) is 3.06. The molecule has 0 bridgehead atoms. The Labute approximate surface area is 187 Å². The summed E-state index contributed by atoms with van der Waals surface area (Å²) in [5.74, 6) is 0.685. The van der Waals surface area contributed by atoms with E-state index in [1.165, 1.54) is 14.2 Å². The van der Waals surface area contributed by atoms with Crippen LogP contribution in [0.1, 0.15) is 11.1 Å². The van der Waals surface area contributed by atoms with E-state index in [9.17, 15) is 9.59 Å². The van der Waals surface area contributed by atoms with Gasteiger partial charge < -0.3 is 24.8 Å². The van der Waals surface area contributed by atoms with Gasteiger partial charge in [-0.25, -0.2) is 4.79 Å². The molecule has 0 fully saturated rings. The van der Waals surface area contributed by atoms with Gasteiger partial charge in [-0.05, 0) is 11.1 Å². The largest absolute Gasteiger partial charge is 0.497 e. The Morgan fingerprint density at radius 3 is 1.94 bits per heavy atom. The molecule has 0 aliphatic heterocycles. The summed E-state index contributed by atoms with van der Waals surface area (Å²) in [6.45, 7) is 0.111. The van der Waals surface area contributed by atoms with Gasteiger partial charge in [-0.1, -0.05) is 60.7 Å². The highest BCUT2D eigenvalue weighted by molar-refractivity contribution is 5.97. The number of hydrogen-bond donors (Lipinski definition) is 2. The van der Waals surface area contributed by atoms with Crippen molar-refractivity contribution >= 4 is 17.7 Å². The van der Waals surface area contributed by atoms with Gasteiger partial charge in [0.15, 0.2) is 0 Å². The van der Waals surface area contributed by atoms with E-state index in [0.717, 1.165) is 11.1 Å². The molecular weight excluding hydrogens is 408 g/mol. The zero-order valence-electron chi connectivity index (χ0n) is 18.0. The average Bonchev–Trinajstić information content (AvgIpc) is 2.83. The molecule has 0 saturated carbocycles. The molecular formula is C25H26N2O5. The Bertz CT molecular complexity index is 1000. The van der Waals surface area contributed by atoms with Crippen LogP contribution < -0.4 is 20.1 Å². The van der Waals surface area contributed by atoms with Crippen molar-refractivity contribution in [1.29, 1.82) is 0 Å². The Morgan fingerprint density at radius 2 is 1.38 bits per heavy atom. The van der Waals surface area contributed by atoms with Crippen LogP contribution in [-0.2, 0) is 22.6 Å².